The first kappa shape index (κ1) is 22.5. The third-order valence-electron chi connectivity index (χ3n) is 4.48. The molecule has 12 nitrogen and oxygen atoms in total. The van der Waals surface area contributed by atoms with Gasteiger partial charge in [-0.2, -0.15) is 0 Å². The minimum atomic E-state index is -0.571. The molecule has 1 aromatic carbocycles. The van der Waals surface area contributed by atoms with Gasteiger partial charge in [-0.05, 0) is 26.0 Å². The molecule has 0 aliphatic heterocycles. The van der Waals surface area contributed by atoms with Crippen LogP contribution in [0.25, 0.3) is 10.9 Å². The molecule has 0 atom stereocenters. The van der Waals surface area contributed by atoms with Crippen molar-refractivity contribution in [3.05, 3.63) is 40.4 Å². The minimum absolute atomic E-state index is 0.00640. The second-order valence-corrected chi connectivity index (χ2v) is 7.05. The molecular formula is C20H23N7O5. The fourth-order valence-electron chi connectivity index (χ4n) is 2.99. The van der Waals surface area contributed by atoms with Crippen LogP contribution in [-0.2, 0) is 4.79 Å². The molecule has 5 N–H and O–H groups in total. The summed E-state index contributed by atoms with van der Waals surface area (Å²) in [6.07, 6.45) is 2.54. The number of nitrogens with one attached hydrogen (secondary N) is 1. The van der Waals surface area contributed by atoms with Crippen LogP contribution in [0, 0.1) is 0 Å². The van der Waals surface area contributed by atoms with Gasteiger partial charge in [0.2, 0.25) is 17.8 Å². The predicted molar refractivity (Wildman–Crippen MR) is 117 cm³/mol. The first-order valence-corrected chi connectivity index (χ1v) is 9.66. The molecule has 0 saturated heterocycles. The van der Waals surface area contributed by atoms with Gasteiger partial charge in [0.05, 0.1) is 31.1 Å². The number of anilines is 2. The maximum absolute atomic E-state index is 13.2. The molecule has 2 aromatic heterocycles. The van der Waals surface area contributed by atoms with E-state index in [1.54, 1.807) is 26.0 Å². The van der Waals surface area contributed by atoms with Gasteiger partial charge in [0.25, 0.3) is 11.5 Å². The monoisotopic (exact) mass is 441 g/mol. The average molecular weight is 441 g/mol. The lowest BCUT2D eigenvalue weighted by molar-refractivity contribution is -0.118. The summed E-state index contributed by atoms with van der Waals surface area (Å²) in [5, 5.41) is 2.89. The summed E-state index contributed by atoms with van der Waals surface area (Å²) in [5.41, 5.74) is 10.6. The number of benzene rings is 1. The number of aromatic nitrogens is 4. The van der Waals surface area contributed by atoms with E-state index in [-0.39, 0.29) is 64.5 Å². The highest BCUT2D eigenvalue weighted by Crippen LogP contribution is 2.34. The summed E-state index contributed by atoms with van der Waals surface area (Å²) < 4.78 is 12.4. The van der Waals surface area contributed by atoms with Crippen LogP contribution in [0.15, 0.2) is 29.3 Å². The molecule has 2 heterocycles. The van der Waals surface area contributed by atoms with Gasteiger partial charge in [-0.3, -0.25) is 24.3 Å². The van der Waals surface area contributed by atoms with Crippen molar-refractivity contribution >= 4 is 34.6 Å². The number of hydrogen-bond acceptors (Lipinski definition) is 9. The number of ether oxygens (including phenoxy) is 2. The predicted octanol–water partition coefficient (Wildman–Crippen LogP) is 0.865. The Morgan fingerprint density at radius 2 is 1.91 bits per heavy atom. The Morgan fingerprint density at radius 1 is 1.22 bits per heavy atom. The van der Waals surface area contributed by atoms with Crippen molar-refractivity contribution in [2.24, 2.45) is 5.73 Å². The SMILES string of the molecule is COc1c(OCCC(N)=O)ccc2c(=O)n(C(C)C)c(NC(=O)c3cnc(N)nc3)nc12. The molecular weight excluding hydrogens is 418 g/mol. The number of hydrogen-bond donors (Lipinski definition) is 3. The van der Waals surface area contributed by atoms with E-state index in [2.05, 4.69) is 20.3 Å². The number of nitrogens with two attached hydrogens (primary N) is 2. The number of methoxy groups -OCH3 is 1. The van der Waals surface area contributed by atoms with Gasteiger partial charge in [0.15, 0.2) is 11.5 Å². The Labute approximate surface area is 182 Å². The van der Waals surface area contributed by atoms with Crippen molar-refractivity contribution in [1.82, 2.24) is 19.5 Å². The largest absolute Gasteiger partial charge is 0.491 e. The molecule has 3 aromatic rings. The van der Waals surface area contributed by atoms with Gasteiger partial charge in [0, 0.05) is 18.4 Å². The first-order valence-electron chi connectivity index (χ1n) is 9.66. The second kappa shape index (κ2) is 9.29. The van der Waals surface area contributed by atoms with E-state index in [0.29, 0.717) is 0 Å². The number of carbonyl (C=O) groups excluding carboxylic acids is 2. The molecule has 0 aliphatic carbocycles. The number of nitrogen functional groups attached to an aromatic ring is 1. The van der Waals surface area contributed by atoms with E-state index in [9.17, 15) is 14.4 Å². The van der Waals surface area contributed by atoms with Crippen LogP contribution in [0.2, 0.25) is 0 Å². The number of rotatable bonds is 8. The molecule has 0 fully saturated rings. The summed E-state index contributed by atoms with van der Waals surface area (Å²) >= 11 is 0. The van der Waals surface area contributed by atoms with Gasteiger partial charge >= 0.3 is 0 Å². The molecule has 0 saturated carbocycles. The third-order valence-corrected chi connectivity index (χ3v) is 4.48. The zero-order valence-electron chi connectivity index (χ0n) is 17.8. The molecule has 32 heavy (non-hydrogen) atoms. The van der Waals surface area contributed by atoms with Crippen LogP contribution < -0.4 is 31.8 Å². The Balaban J connectivity index is 2.10. The Hall–Kier alpha value is -4.22. The number of carbonyl (C=O) groups is 2. The molecule has 168 valence electrons. The number of amides is 2. The third kappa shape index (κ3) is 4.58. The van der Waals surface area contributed by atoms with Gasteiger partial charge < -0.3 is 20.9 Å². The van der Waals surface area contributed by atoms with Crippen molar-refractivity contribution in [3.63, 3.8) is 0 Å². The van der Waals surface area contributed by atoms with Gasteiger partial charge in [0.1, 0.15) is 5.52 Å². The summed E-state index contributed by atoms with van der Waals surface area (Å²) in [7, 11) is 1.40. The standard InChI is InChI=1S/C20H23N7O5/c1-10(2)27-18(30)12-4-5-13(32-7-6-14(21)28)16(31-3)15(12)25-20(27)26-17(29)11-8-23-19(22)24-9-11/h4-5,8-10H,6-7H2,1-3H3,(H2,21,28)(H2,22,23,24)(H,25,26,29). The van der Waals surface area contributed by atoms with E-state index in [0.717, 1.165) is 0 Å². The quantitative estimate of drug-likeness (QED) is 0.457. The Morgan fingerprint density at radius 3 is 2.50 bits per heavy atom. The van der Waals surface area contributed by atoms with Gasteiger partial charge in [-0.1, -0.05) is 0 Å². The second-order valence-electron chi connectivity index (χ2n) is 7.05. The molecule has 12 heteroatoms. The molecule has 2 amide bonds. The van der Waals surface area contributed by atoms with Crippen molar-refractivity contribution in [2.75, 3.05) is 24.8 Å². The van der Waals surface area contributed by atoms with E-state index in [4.69, 9.17) is 20.9 Å². The summed E-state index contributed by atoms with van der Waals surface area (Å²) in [6.45, 7) is 3.60. The number of nitrogens with zero attached hydrogens (tertiary/aromatic N) is 4. The van der Waals surface area contributed by atoms with Crippen molar-refractivity contribution in [3.8, 4) is 11.5 Å². The minimum Gasteiger partial charge on any atom is -0.491 e. The molecule has 0 bridgehead atoms. The highest BCUT2D eigenvalue weighted by molar-refractivity contribution is 6.03. The molecule has 0 aliphatic rings. The van der Waals surface area contributed by atoms with Crippen molar-refractivity contribution < 1.29 is 19.1 Å². The number of fused-ring (bicyclic) bond motifs is 1. The van der Waals surface area contributed by atoms with Crippen LogP contribution in [0.5, 0.6) is 11.5 Å². The average Bonchev–Trinajstić information content (AvgIpc) is 2.73. The fourth-order valence-corrected chi connectivity index (χ4v) is 2.99. The maximum Gasteiger partial charge on any atom is 0.263 e. The smallest absolute Gasteiger partial charge is 0.263 e. The molecule has 0 radical (unpaired) electrons. The highest BCUT2D eigenvalue weighted by Gasteiger charge is 2.21. The number of primary amides is 1. The highest BCUT2D eigenvalue weighted by atomic mass is 16.5. The lowest BCUT2D eigenvalue weighted by atomic mass is 10.2. The zero-order valence-corrected chi connectivity index (χ0v) is 17.8. The molecule has 0 unspecified atom stereocenters. The van der Waals surface area contributed by atoms with Crippen LogP contribution in [0.4, 0.5) is 11.9 Å². The van der Waals surface area contributed by atoms with E-state index in [1.165, 1.54) is 24.1 Å². The lowest BCUT2D eigenvalue weighted by Gasteiger charge is -2.18. The Kier molecular flexibility index (Phi) is 6.52. The zero-order chi connectivity index (χ0) is 23.4. The fraction of sp³-hybridized carbons (Fsp3) is 0.300. The lowest BCUT2D eigenvalue weighted by Crippen LogP contribution is -2.29. The Bertz CT molecular complexity index is 1220. The van der Waals surface area contributed by atoms with Gasteiger partial charge in [-0.15, -0.1) is 0 Å². The van der Waals surface area contributed by atoms with Crippen LogP contribution in [0.3, 0.4) is 0 Å². The topological polar surface area (TPSA) is 177 Å². The van der Waals surface area contributed by atoms with E-state index >= 15 is 0 Å². The summed E-state index contributed by atoms with van der Waals surface area (Å²) in [5.74, 6) is -0.589. The van der Waals surface area contributed by atoms with Gasteiger partial charge in [-0.25, -0.2) is 15.0 Å². The van der Waals surface area contributed by atoms with E-state index < -0.39 is 11.8 Å². The van der Waals surface area contributed by atoms with E-state index in [1.807, 2.05) is 0 Å². The summed E-state index contributed by atoms with van der Waals surface area (Å²) in [4.78, 5) is 49.0. The first-order chi connectivity index (χ1) is 15.2. The van der Waals surface area contributed by atoms with Crippen molar-refractivity contribution in [1.29, 1.82) is 0 Å². The van der Waals surface area contributed by atoms with Crippen molar-refractivity contribution in [2.45, 2.75) is 26.3 Å². The van der Waals surface area contributed by atoms with Crippen LogP contribution in [-0.4, -0.2) is 45.1 Å². The normalized spacial score (nSPS) is 10.9. The molecule has 3 rings (SSSR count). The van der Waals surface area contributed by atoms with Crippen LogP contribution in [0.1, 0.15) is 36.7 Å². The maximum atomic E-state index is 13.2. The molecule has 0 spiro atoms. The summed E-state index contributed by atoms with van der Waals surface area (Å²) in [6, 6.07) is 2.79. The van der Waals surface area contributed by atoms with Crippen LogP contribution >= 0.6 is 0 Å².